The molecule has 4 heterocycles. The Bertz CT molecular complexity index is 5830. The lowest BCUT2D eigenvalue weighted by molar-refractivity contribution is -0.449. The van der Waals surface area contributed by atoms with Gasteiger partial charge in [0.15, 0.2) is 24.5 Å². The first-order valence-electron chi connectivity index (χ1n) is 35.8. The molecule has 5 atom stereocenters. The van der Waals surface area contributed by atoms with Crippen LogP contribution < -0.4 is 9.80 Å². The molecule has 5 unspecified atom stereocenters. The van der Waals surface area contributed by atoms with E-state index in [1.54, 1.807) is 71.1 Å². The number of carbonyl (C=O) groups is 1. The van der Waals surface area contributed by atoms with Crippen LogP contribution in [0.4, 0.5) is 22.7 Å². The molecule has 12 rings (SSSR count). The minimum absolute atomic E-state index is 0.0161. The Balaban J connectivity index is 0.000000220. The second-order valence-corrected chi connectivity index (χ2v) is 39.1. The summed E-state index contributed by atoms with van der Waals surface area (Å²) in [5.74, 6) is -3.48. The number of hydrogen-bond donors (Lipinski definition) is 2. The van der Waals surface area contributed by atoms with Gasteiger partial charge in [-0.05, 0) is 180 Å². The molecule has 594 valence electrons. The first kappa shape index (κ1) is 83.7. The van der Waals surface area contributed by atoms with Crippen LogP contribution in [0.25, 0.3) is 10.8 Å². The molecule has 0 aromatic heterocycles. The maximum absolute atomic E-state index is 12.1. The summed E-state index contributed by atoms with van der Waals surface area (Å²) in [6, 6.07) is 22.0. The zero-order valence-corrected chi connectivity index (χ0v) is 67.4. The van der Waals surface area contributed by atoms with Crippen LogP contribution in [0, 0.1) is 20.8 Å². The lowest BCUT2D eigenvalue weighted by Gasteiger charge is -2.29. The number of hydrogen-bond acceptors (Lipinski definition) is 24. The predicted molar refractivity (Wildman–Crippen MR) is 413 cm³/mol. The van der Waals surface area contributed by atoms with Gasteiger partial charge in [0.2, 0.25) is 11.4 Å². The number of fused-ring (bicyclic) bond motifs is 12. The second-order valence-electron chi connectivity index (χ2n) is 30.4. The van der Waals surface area contributed by atoms with E-state index < -0.39 is 123 Å². The highest BCUT2D eigenvalue weighted by molar-refractivity contribution is 7.87. The van der Waals surface area contributed by atoms with Crippen molar-refractivity contribution in [1.29, 1.82) is 0 Å². The first-order chi connectivity index (χ1) is 51.5. The van der Waals surface area contributed by atoms with Crippen LogP contribution in [0.2, 0.25) is 0 Å². The summed E-state index contributed by atoms with van der Waals surface area (Å²) >= 11 is 0. The third-order valence-corrected chi connectivity index (χ3v) is 26.4. The van der Waals surface area contributed by atoms with Gasteiger partial charge < -0.3 is 52.1 Å². The molecule has 26 nitrogen and oxygen atoms in total. The summed E-state index contributed by atoms with van der Waals surface area (Å²) in [7, 11) is -27.9. The lowest BCUT2D eigenvalue weighted by atomic mass is 9.68. The van der Waals surface area contributed by atoms with Crippen molar-refractivity contribution < 1.29 is 107 Å². The van der Waals surface area contributed by atoms with Crippen LogP contribution in [-0.2, 0) is 91.9 Å². The molecule has 3 aliphatic carbocycles. The van der Waals surface area contributed by atoms with Gasteiger partial charge >= 0.3 is 5.97 Å². The minimum Gasteiger partial charge on any atom is -0.748 e. The molecule has 2 saturated carbocycles. The molecule has 2 fully saturated rings. The molecule has 2 N–H and O–H groups in total. The summed E-state index contributed by atoms with van der Waals surface area (Å²) in [5.41, 5.74) is 12.7. The Morgan fingerprint density at radius 1 is 0.568 bits per heavy atom. The average Bonchev–Trinajstić information content (AvgIpc) is 1.58. The Morgan fingerprint density at radius 2 is 1.14 bits per heavy atom. The Morgan fingerprint density at radius 3 is 1.78 bits per heavy atom. The SMILES string of the molecule is CC(=O)OC(C=CC=C1CCC2(C)C1=[N+](CCS(=O)(=O)[O-])c1ccc(S(=O)(=O)[O-])cc12)=CC=CC1=C2N(CCS(=O)(=O)[O-])c3ccc(C)cc3C2(C)CC1.Cc1ccc2c(c1)C1(C)CCC\C(=C/C=C/C=C/C=C3\N(CC(O)CS(=O)(=O)[O-])c4ccc5cc(S(=O)(=O)[O-])cc(C)c5c4C3(C)C)C1=[N+]2CC(O)CS(=O)(=O)[O-]. The second kappa shape index (κ2) is 31.0. The Labute approximate surface area is 648 Å². The van der Waals surface area contributed by atoms with E-state index >= 15 is 0 Å². The number of allylic oxidation sites excluding steroid dienone is 17. The number of rotatable bonds is 24. The van der Waals surface area contributed by atoms with Crippen LogP contribution in [-0.4, -0.2) is 176 Å². The summed E-state index contributed by atoms with van der Waals surface area (Å²) in [4.78, 5) is 15.0. The highest BCUT2D eigenvalue weighted by Gasteiger charge is 2.55. The van der Waals surface area contributed by atoms with Gasteiger partial charge in [-0.3, -0.25) is 4.79 Å². The number of aliphatic hydroxyl groups excluding tert-OH is 2. The van der Waals surface area contributed by atoms with Gasteiger partial charge in [-0.2, -0.15) is 9.15 Å². The van der Waals surface area contributed by atoms with E-state index in [-0.39, 0.29) is 42.2 Å². The van der Waals surface area contributed by atoms with Crippen molar-refractivity contribution >= 4 is 112 Å². The molecule has 4 aliphatic heterocycles. The zero-order chi connectivity index (χ0) is 81.3. The minimum atomic E-state index is -4.77. The number of ether oxygens (including phenoxy) is 1. The molecule has 0 amide bonds. The quantitative estimate of drug-likeness (QED) is 0.0191. The maximum atomic E-state index is 12.1. The van der Waals surface area contributed by atoms with Crippen molar-refractivity contribution in [3.05, 3.63) is 225 Å². The molecule has 5 aromatic carbocycles. The molecule has 0 radical (unpaired) electrons. The fourth-order valence-electron chi connectivity index (χ4n) is 17.3. The molecule has 5 aromatic rings. The number of carbonyl (C=O) groups excluding carboxylic acids is 1. The van der Waals surface area contributed by atoms with Crippen molar-refractivity contribution in [2.45, 2.75) is 151 Å². The van der Waals surface area contributed by atoms with Crippen molar-refractivity contribution in [3.8, 4) is 0 Å². The van der Waals surface area contributed by atoms with E-state index in [0.717, 1.165) is 93.0 Å². The average molecular weight is 1640 g/mol. The molecule has 0 saturated heterocycles. The van der Waals surface area contributed by atoms with Crippen molar-refractivity contribution in [1.82, 2.24) is 0 Å². The van der Waals surface area contributed by atoms with Crippen molar-refractivity contribution in [2.24, 2.45) is 0 Å². The number of benzene rings is 5. The summed E-state index contributed by atoms with van der Waals surface area (Å²) in [6.45, 7) is 16.5. The summed E-state index contributed by atoms with van der Waals surface area (Å²) in [5, 5.41) is 22.7. The highest BCUT2D eigenvalue weighted by atomic mass is 32.2. The topological polar surface area (TPSA) is 422 Å². The van der Waals surface area contributed by atoms with E-state index in [1.165, 1.54) is 37.3 Å². The highest BCUT2D eigenvalue weighted by Crippen LogP contribution is 2.58. The third kappa shape index (κ3) is 17.9. The number of β-amino-alcohol motifs (C(OH)–C–C–N with tert-alkyl or cyclic N) is 2. The Kier molecular flexibility index (Phi) is 23.4. The van der Waals surface area contributed by atoms with Gasteiger partial charge in [0.1, 0.15) is 42.2 Å². The molecular weight excluding hydrogens is 1550 g/mol. The van der Waals surface area contributed by atoms with Crippen molar-refractivity contribution in [2.75, 3.05) is 59.0 Å². The fraction of sp³-hybridized carbons (Fsp3) is 0.380. The number of aryl methyl sites for hydroxylation is 3. The van der Waals surface area contributed by atoms with E-state index in [2.05, 4.69) is 26.0 Å². The van der Waals surface area contributed by atoms with Gasteiger partial charge in [-0.25, -0.2) is 50.5 Å². The van der Waals surface area contributed by atoms with Crippen LogP contribution >= 0.6 is 0 Å². The molecular formula is C79H86N4O22S6-4. The van der Waals surface area contributed by atoms with Crippen molar-refractivity contribution in [3.63, 3.8) is 0 Å². The maximum Gasteiger partial charge on any atom is 0.308 e. The van der Waals surface area contributed by atoms with Crippen LogP contribution in [0.3, 0.4) is 0 Å². The van der Waals surface area contributed by atoms with Gasteiger partial charge in [-0.15, -0.1) is 0 Å². The monoisotopic (exact) mass is 1630 g/mol. The van der Waals surface area contributed by atoms with E-state index in [1.807, 2.05) is 98.7 Å². The van der Waals surface area contributed by atoms with Gasteiger partial charge in [0, 0.05) is 88.0 Å². The van der Waals surface area contributed by atoms with Gasteiger partial charge in [0.25, 0.3) is 0 Å². The normalized spacial score (nSPS) is 22.9. The number of nitrogens with zero attached hydrogens (tertiary/aromatic N) is 4. The standard InChI is InChI=1S/C41H48N2O11S3.C38H42N2O11S3/c1-26-14-16-34-33(19-26)41(5)18-10-12-28(39(41)43(34)23-31(45)25-56(49,50)51)11-8-6-7-9-13-36-40(3,4)38-35(42(36)22-30(44)24-55(46,47)48)17-15-29-21-32(57(52,53)54)20-27(2)37(29)38;1-25-11-13-33-31(23-25)37(3)17-15-27(35(37)39(33)19-21-52(42,43)44)7-5-9-29(51-26(2)41)10-6-8-28-16-18-38(4)32-24-30(54(48,49)50)12-14-34(32)40(36(28)38)20-22-53(45,46)47/h6-9,11,13-17,19-21,30-31,44-45H,10,12,18,22-25H2,1-5H3,(H2-,46,47,48,49,50,51,52,53,54);5-14,23-24H,15-22H2,1-4H3,(H2-,42,43,44,45,46,47,48,49,50)/p-4. The van der Waals surface area contributed by atoms with Gasteiger partial charge in [0.05, 0.1) is 80.1 Å². The number of anilines is 2. The molecule has 0 spiro atoms. The molecule has 111 heavy (non-hydrogen) atoms. The first-order valence-corrected chi connectivity index (χ1v) is 44.9. The lowest BCUT2D eigenvalue weighted by Crippen LogP contribution is -2.39. The summed E-state index contributed by atoms with van der Waals surface area (Å²) in [6.07, 6.45) is 23.5. The van der Waals surface area contributed by atoms with Crippen LogP contribution in [0.5, 0.6) is 0 Å². The van der Waals surface area contributed by atoms with Crippen LogP contribution in [0.1, 0.15) is 125 Å². The van der Waals surface area contributed by atoms with Crippen LogP contribution in [0.15, 0.2) is 195 Å². The zero-order valence-electron chi connectivity index (χ0n) is 62.5. The molecule has 0 bridgehead atoms. The smallest absolute Gasteiger partial charge is 0.308 e. The number of esters is 1. The third-order valence-electron chi connectivity index (χ3n) is 21.8. The predicted octanol–water partition coefficient (Wildman–Crippen LogP) is 8.88. The Hall–Kier alpha value is -8.19. The molecule has 7 aliphatic rings. The van der Waals surface area contributed by atoms with E-state index in [9.17, 15) is 92.8 Å². The largest absolute Gasteiger partial charge is 0.748 e. The van der Waals surface area contributed by atoms with E-state index in [4.69, 9.17) is 4.74 Å². The fourth-order valence-corrected chi connectivity index (χ4v) is 20.3. The van der Waals surface area contributed by atoms with E-state index in [0.29, 0.717) is 63.9 Å². The molecule has 32 heteroatoms. The summed E-state index contributed by atoms with van der Waals surface area (Å²) < 4.78 is 219. The number of aliphatic hydroxyl groups is 2. The van der Waals surface area contributed by atoms with Gasteiger partial charge in [-0.1, -0.05) is 104 Å².